The number of benzene rings is 1. The lowest BCUT2D eigenvalue weighted by Crippen LogP contribution is -2.24. The summed E-state index contributed by atoms with van der Waals surface area (Å²) in [6.07, 6.45) is 6.68. The highest BCUT2D eigenvalue weighted by molar-refractivity contribution is 6.30. The molecule has 0 aliphatic heterocycles. The van der Waals surface area contributed by atoms with Crippen LogP contribution in [0.15, 0.2) is 49.1 Å². The summed E-state index contributed by atoms with van der Waals surface area (Å²) in [5, 5.41) is 11.8. The van der Waals surface area contributed by atoms with Gasteiger partial charge in [-0.15, -0.1) is 0 Å². The number of ether oxygens (including phenoxy) is 1. The van der Waals surface area contributed by atoms with E-state index < -0.39 is 0 Å². The number of nitrogens with one attached hydrogen (secondary N) is 1. The van der Waals surface area contributed by atoms with Crippen molar-refractivity contribution in [1.82, 2.24) is 19.6 Å². The van der Waals surface area contributed by atoms with Crippen molar-refractivity contribution >= 4 is 23.2 Å². The first-order valence-electron chi connectivity index (χ1n) is 8.17. The Morgan fingerprint density at radius 3 is 2.81 bits per heavy atom. The van der Waals surface area contributed by atoms with Crippen LogP contribution in [0.5, 0.6) is 5.75 Å². The molecule has 0 radical (unpaired) electrons. The number of methoxy groups -OCH3 is 1. The molecular weight excluding hydrogens is 354 g/mol. The Bertz CT molecular complexity index is 889. The quantitative estimate of drug-likeness (QED) is 0.690. The maximum atomic E-state index is 12.3. The van der Waals surface area contributed by atoms with Gasteiger partial charge in [-0.05, 0) is 17.7 Å². The summed E-state index contributed by atoms with van der Waals surface area (Å²) in [5.74, 6) is 0.445. The maximum absolute atomic E-state index is 12.3. The van der Waals surface area contributed by atoms with Crippen molar-refractivity contribution in [3.8, 4) is 5.75 Å². The van der Waals surface area contributed by atoms with Crippen LogP contribution in [0, 0.1) is 5.92 Å². The fourth-order valence-corrected chi connectivity index (χ4v) is 2.70. The summed E-state index contributed by atoms with van der Waals surface area (Å²) in [4.78, 5) is 12.3. The number of amides is 1. The Labute approximate surface area is 156 Å². The Morgan fingerprint density at radius 1 is 1.27 bits per heavy atom. The molecule has 1 N–H and O–H groups in total. The number of hydrogen-bond donors (Lipinski definition) is 1. The standard InChI is InChI=1S/C18H20ClN5O2/c1-13(9-23-11-15(19)7-20-23)18(25)22-16-8-21-24(12-16)10-14-4-3-5-17(6-14)26-2/h3-8,11-13H,9-10H2,1-2H3,(H,22,25). The van der Waals surface area contributed by atoms with Crippen LogP contribution in [-0.4, -0.2) is 32.6 Å². The van der Waals surface area contributed by atoms with Crippen LogP contribution >= 0.6 is 11.6 Å². The van der Waals surface area contributed by atoms with Gasteiger partial charge in [-0.25, -0.2) is 0 Å². The molecule has 3 rings (SSSR count). The summed E-state index contributed by atoms with van der Waals surface area (Å²) < 4.78 is 8.64. The molecule has 1 aromatic carbocycles. The van der Waals surface area contributed by atoms with Crippen LogP contribution in [-0.2, 0) is 17.9 Å². The van der Waals surface area contributed by atoms with Gasteiger partial charge >= 0.3 is 0 Å². The molecule has 7 nitrogen and oxygen atoms in total. The monoisotopic (exact) mass is 373 g/mol. The molecule has 0 bridgehead atoms. The third kappa shape index (κ3) is 4.64. The molecule has 1 atom stereocenters. The number of carbonyl (C=O) groups excluding carboxylic acids is 1. The predicted molar refractivity (Wildman–Crippen MR) is 99.4 cm³/mol. The van der Waals surface area contributed by atoms with Crippen molar-refractivity contribution in [1.29, 1.82) is 0 Å². The van der Waals surface area contributed by atoms with Gasteiger partial charge in [0.15, 0.2) is 0 Å². The Morgan fingerprint density at radius 2 is 2.08 bits per heavy atom. The van der Waals surface area contributed by atoms with Crippen molar-refractivity contribution in [2.75, 3.05) is 12.4 Å². The minimum Gasteiger partial charge on any atom is -0.497 e. The SMILES string of the molecule is COc1cccc(Cn2cc(NC(=O)C(C)Cn3cc(Cl)cn3)cn2)c1. The second-order valence-electron chi connectivity index (χ2n) is 6.05. The van der Waals surface area contributed by atoms with Crippen LogP contribution in [0.1, 0.15) is 12.5 Å². The first kappa shape index (κ1) is 18.0. The molecule has 0 saturated carbocycles. The fraction of sp³-hybridized carbons (Fsp3) is 0.278. The van der Waals surface area contributed by atoms with E-state index in [1.807, 2.05) is 31.2 Å². The van der Waals surface area contributed by atoms with Crippen molar-refractivity contribution in [2.24, 2.45) is 5.92 Å². The van der Waals surface area contributed by atoms with Gasteiger partial charge in [0.05, 0.1) is 49.2 Å². The lowest BCUT2D eigenvalue weighted by atomic mass is 10.1. The number of halogens is 1. The lowest BCUT2D eigenvalue weighted by Gasteiger charge is -2.11. The van der Waals surface area contributed by atoms with E-state index in [0.29, 0.717) is 23.8 Å². The van der Waals surface area contributed by atoms with E-state index in [0.717, 1.165) is 11.3 Å². The minimum absolute atomic E-state index is 0.0995. The first-order valence-corrected chi connectivity index (χ1v) is 8.55. The molecule has 26 heavy (non-hydrogen) atoms. The Hall–Kier alpha value is -2.80. The zero-order valence-electron chi connectivity index (χ0n) is 14.6. The zero-order valence-corrected chi connectivity index (χ0v) is 15.3. The Kier molecular flexibility index (Phi) is 5.58. The second kappa shape index (κ2) is 8.05. The summed E-state index contributed by atoms with van der Waals surface area (Å²) in [5.41, 5.74) is 1.72. The third-order valence-electron chi connectivity index (χ3n) is 3.89. The molecule has 0 aliphatic rings. The van der Waals surface area contributed by atoms with Crippen LogP contribution in [0.25, 0.3) is 0 Å². The number of anilines is 1. The van der Waals surface area contributed by atoms with E-state index in [1.165, 1.54) is 0 Å². The fourth-order valence-electron chi connectivity index (χ4n) is 2.54. The largest absolute Gasteiger partial charge is 0.497 e. The number of carbonyl (C=O) groups is 1. The highest BCUT2D eigenvalue weighted by atomic mass is 35.5. The number of rotatable bonds is 7. The second-order valence-corrected chi connectivity index (χ2v) is 6.49. The Balaban J connectivity index is 1.57. The molecule has 8 heteroatoms. The topological polar surface area (TPSA) is 74.0 Å². The highest BCUT2D eigenvalue weighted by Gasteiger charge is 2.15. The zero-order chi connectivity index (χ0) is 18.5. The van der Waals surface area contributed by atoms with Crippen LogP contribution in [0.3, 0.4) is 0 Å². The molecule has 1 amide bonds. The summed E-state index contributed by atoms with van der Waals surface area (Å²) in [6, 6.07) is 7.78. The summed E-state index contributed by atoms with van der Waals surface area (Å²) >= 11 is 5.84. The molecule has 1 unspecified atom stereocenters. The smallest absolute Gasteiger partial charge is 0.229 e. The molecule has 2 heterocycles. The maximum Gasteiger partial charge on any atom is 0.229 e. The number of hydrogen-bond acceptors (Lipinski definition) is 4. The van der Waals surface area contributed by atoms with Gasteiger partial charge in [0.1, 0.15) is 5.75 Å². The molecule has 3 aromatic rings. The van der Waals surface area contributed by atoms with Gasteiger partial charge in [0.2, 0.25) is 5.91 Å². The number of aromatic nitrogens is 4. The lowest BCUT2D eigenvalue weighted by molar-refractivity contribution is -0.119. The van der Waals surface area contributed by atoms with Crippen molar-refractivity contribution in [3.05, 3.63) is 59.6 Å². The average molecular weight is 374 g/mol. The van der Waals surface area contributed by atoms with Gasteiger partial charge in [-0.1, -0.05) is 30.7 Å². The van der Waals surface area contributed by atoms with E-state index in [4.69, 9.17) is 16.3 Å². The van der Waals surface area contributed by atoms with E-state index in [-0.39, 0.29) is 11.8 Å². The van der Waals surface area contributed by atoms with E-state index in [9.17, 15) is 4.79 Å². The number of nitrogens with zero attached hydrogens (tertiary/aromatic N) is 4. The summed E-state index contributed by atoms with van der Waals surface area (Å²) in [6.45, 7) is 2.89. The molecule has 0 fully saturated rings. The predicted octanol–water partition coefficient (Wildman–Crippen LogP) is 3.06. The van der Waals surface area contributed by atoms with Gasteiger partial charge < -0.3 is 10.1 Å². The van der Waals surface area contributed by atoms with Crippen LogP contribution < -0.4 is 10.1 Å². The summed E-state index contributed by atoms with van der Waals surface area (Å²) in [7, 11) is 1.64. The van der Waals surface area contributed by atoms with Crippen molar-refractivity contribution in [3.63, 3.8) is 0 Å². The molecule has 2 aromatic heterocycles. The van der Waals surface area contributed by atoms with E-state index in [2.05, 4.69) is 15.5 Å². The van der Waals surface area contributed by atoms with Gasteiger partial charge in [0, 0.05) is 12.4 Å². The van der Waals surface area contributed by atoms with Crippen LogP contribution in [0.4, 0.5) is 5.69 Å². The van der Waals surface area contributed by atoms with Crippen molar-refractivity contribution in [2.45, 2.75) is 20.0 Å². The molecular formula is C18H20ClN5O2. The highest BCUT2D eigenvalue weighted by Crippen LogP contribution is 2.15. The molecule has 0 saturated heterocycles. The molecule has 0 aliphatic carbocycles. The first-order chi connectivity index (χ1) is 12.5. The van der Waals surface area contributed by atoms with Crippen molar-refractivity contribution < 1.29 is 9.53 Å². The van der Waals surface area contributed by atoms with Gasteiger partial charge in [-0.3, -0.25) is 14.2 Å². The van der Waals surface area contributed by atoms with E-state index >= 15 is 0 Å². The molecule has 136 valence electrons. The third-order valence-corrected chi connectivity index (χ3v) is 4.08. The molecule has 0 spiro atoms. The normalized spacial score (nSPS) is 12.0. The van der Waals surface area contributed by atoms with Crippen LogP contribution in [0.2, 0.25) is 5.02 Å². The van der Waals surface area contributed by atoms with Gasteiger partial charge in [0.25, 0.3) is 0 Å². The van der Waals surface area contributed by atoms with Gasteiger partial charge in [-0.2, -0.15) is 10.2 Å². The minimum atomic E-state index is -0.257. The average Bonchev–Trinajstić information content (AvgIpc) is 3.23. The van der Waals surface area contributed by atoms with E-state index in [1.54, 1.807) is 41.3 Å².